The highest BCUT2D eigenvalue weighted by Gasteiger charge is 2.19. The molecule has 0 aliphatic carbocycles. The lowest BCUT2D eigenvalue weighted by atomic mass is 10.1. The predicted molar refractivity (Wildman–Crippen MR) is 102 cm³/mol. The molecule has 3 heterocycles. The van der Waals surface area contributed by atoms with Crippen LogP contribution >= 0.6 is 11.6 Å². The van der Waals surface area contributed by atoms with E-state index < -0.39 is 18.0 Å². The minimum absolute atomic E-state index is 0.0132. The second kappa shape index (κ2) is 8.60. The van der Waals surface area contributed by atoms with Crippen molar-refractivity contribution in [2.45, 2.75) is 38.3 Å². The number of rotatable bonds is 8. The van der Waals surface area contributed by atoms with Gasteiger partial charge in [0.2, 0.25) is 0 Å². The van der Waals surface area contributed by atoms with Gasteiger partial charge in [-0.25, -0.2) is 19.3 Å². The molecule has 27 heavy (non-hydrogen) atoms. The third-order valence-electron chi connectivity index (χ3n) is 4.31. The van der Waals surface area contributed by atoms with Crippen LogP contribution in [0.1, 0.15) is 26.2 Å². The standard InChI is InChI=1S/C18H21ClFN5O2/c1-10(27)15(4-2-3-5-26)24-18-14(20)9-23-17(25-18)13-8-22-16-12(13)6-11(19)7-21-16/h6-10,15,26-27H,2-5H2,1H3,(H,21,22)(H,23,24,25). The molecule has 0 saturated heterocycles. The molecule has 144 valence electrons. The number of aliphatic hydroxyl groups is 2. The van der Waals surface area contributed by atoms with Crippen LogP contribution in [0.3, 0.4) is 0 Å². The smallest absolute Gasteiger partial charge is 0.183 e. The Morgan fingerprint density at radius 1 is 1.30 bits per heavy atom. The van der Waals surface area contributed by atoms with E-state index in [0.717, 1.165) is 11.6 Å². The van der Waals surface area contributed by atoms with Crippen molar-refractivity contribution in [3.8, 4) is 11.4 Å². The average Bonchev–Trinajstić information content (AvgIpc) is 3.05. The minimum Gasteiger partial charge on any atom is -0.396 e. The second-order valence-electron chi connectivity index (χ2n) is 6.35. The van der Waals surface area contributed by atoms with Crippen LogP contribution in [0.25, 0.3) is 22.4 Å². The fourth-order valence-corrected chi connectivity index (χ4v) is 3.00. The van der Waals surface area contributed by atoms with E-state index in [2.05, 4.69) is 25.3 Å². The van der Waals surface area contributed by atoms with Gasteiger partial charge in [0.05, 0.1) is 23.4 Å². The van der Waals surface area contributed by atoms with E-state index in [1.54, 1.807) is 19.2 Å². The maximum atomic E-state index is 14.3. The van der Waals surface area contributed by atoms with Crippen molar-refractivity contribution < 1.29 is 14.6 Å². The number of nitrogens with zero attached hydrogens (tertiary/aromatic N) is 3. The van der Waals surface area contributed by atoms with E-state index in [0.29, 0.717) is 41.3 Å². The number of anilines is 1. The van der Waals surface area contributed by atoms with Gasteiger partial charge in [0.15, 0.2) is 17.5 Å². The van der Waals surface area contributed by atoms with Gasteiger partial charge in [-0.3, -0.25) is 0 Å². The summed E-state index contributed by atoms with van der Waals surface area (Å²) in [6, 6.07) is 1.34. The van der Waals surface area contributed by atoms with Gasteiger partial charge in [0, 0.05) is 30.0 Å². The first-order valence-corrected chi connectivity index (χ1v) is 9.08. The molecule has 0 fully saturated rings. The quantitative estimate of drug-likeness (QED) is 0.438. The lowest BCUT2D eigenvalue weighted by molar-refractivity contribution is 0.164. The zero-order valence-electron chi connectivity index (χ0n) is 14.8. The van der Waals surface area contributed by atoms with Gasteiger partial charge in [-0.2, -0.15) is 0 Å². The summed E-state index contributed by atoms with van der Waals surface area (Å²) in [5, 5.41) is 23.1. The summed E-state index contributed by atoms with van der Waals surface area (Å²) >= 11 is 6.02. The first kappa shape index (κ1) is 19.5. The Kier molecular flexibility index (Phi) is 6.20. The monoisotopic (exact) mass is 393 g/mol. The summed E-state index contributed by atoms with van der Waals surface area (Å²) in [6.07, 6.45) is 5.49. The number of nitrogens with one attached hydrogen (secondary N) is 2. The van der Waals surface area contributed by atoms with E-state index in [1.165, 1.54) is 6.20 Å². The van der Waals surface area contributed by atoms with Gasteiger partial charge < -0.3 is 20.5 Å². The molecule has 0 amide bonds. The third kappa shape index (κ3) is 4.52. The molecule has 2 unspecified atom stereocenters. The minimum atomic E-state index is -0.711. The number of unbranched alkanes of at least 4 members (excludes halogenated alkanes) is 1. The van der Waals surface area contributed by atoms with Gasteiger partial charge >= 0.3 is 0 Å². The van der Waals surface area contributed by atoms with Gasteiger partial charge in [-0.15, -0.1) is 0 Å². The van der Waals surface area contributed by atoms with Gasteiger partial charge in [-0.1, -0.05) is 11.6 Å². The molecule has 3 aromatic rings. The van der Waals surface area contributed by atoms with E-state index >= 15 is 0 Å². The number of aliphatic hydroxyl groups excluding tert-OH is 2. The number of hydrogen-bond donors (Lipinski definition) is 4. The summed E-state index contributed by atoms with van der Waals surface area (Å²) in [6.45, 7) is 1.71. The summed E-state index contributed by atoms with van der Waals surface area (Å²) in [4.78, 5) is 15.6. The van der Waals surface area contributed by atoms with Gasteiger partial charge in [-0.05, 0) is 32.3 Å². The highest BCUT2D eigenvalue weighted by molar-refractivity contribution is 6.31. The predicted octanol–water partition coefficient (Wildman–Crippen LogP) is 3.14. The lowest BCUT2D eigenvalue weighted by Crippen LogP contribution is -2.32. The Balaban J connectivity index is 1.90. The zero-order chi connectivity index (χ0) is 19.4. The normalized spacial score (nSPS) is 13.7. The maximum absolute atomic E-state index is 14.3. The maximum Gasteiger partial charge on any atom is 0.183 e. The fraction of sp³-hybridized carbons (Fsp3) is 0.389. The molecule has 3 rings (SSSR count). The van der Waals surface area contributed by atoms with E-state index in [9.17, 15) is 9.50 Å². The topological polar surface area (TPSA) is 107 Å². The Bertz CT molecular complexity index is 918. The molecule has 0 bridgehead atoms. The Labute approximate surface area is 160 Å². The number of aromatic nitrogens is 4. The van der Waals surface area contributed by atoms with Crippen LogP contribution in [0.4, 0.5) is 10.2 Å². The number of H-pyrrole nitrogens is 1. The van der Waals surface area contributed by atoms with Crippen molar-refractivity contribution in [1.82, 2.24) is 19.9 Å². The molecule has 3 aromatic heterocycles. The SMILES string of the molecule is CC(O)C(CCCCO)Nc1nc(-c2c[nH]c3ncc(Cl)cc23)ncc1F. The zero-order valence-corrected chi connectivity index (χ0v) is 15.5. The molecule has 9 heteroatoms. The van der Waals surface area contributed by atoms with Crippen LogP contribution in [0, 0.1) is 5.82 Å². The molecule has 0 saturated carbocycles. The van der Waals surface area contributed by atoms with E-state index in [-0.39, 0.29) is 12.4 Å². The van der Waals surface area contributed by atoms with Crippen molar-refractivity contribution >= 4 is 28.5 Å². The van der Waals surface area contributed by atoms with Crippen molar-refractivity contribution in [3.05, 3.63) is 35.5 Å². The van der Waals surface area contributed by atoms with Crippen molar-refractivity contribution in [2.24, 2.45) is 0 Å². The molecule has 7 nitrogen and oxygen atoms in total. The number of pyridine rings is 1. The largest absolute Gasteiger partial charge is 0.396 e. The summed E-state index contributed by atoms with van der Waals surface area (Å²) in [7, 11) is 0. The van der Waals surface area contributed by atoms with Crippen LogP contribution < -0.4 is 5.32 Å². The summed E-state index contributed by atoms with van der Waals surface area (Å²) < 4.78 is 14.3. The number of halogens is 2. The fourth-order valence-electron chi connectivity index (χ4n) is 2.85. The molecular weight excluding hydrogens is 373 g/mol. The molecule has 4 N–H and O–H groups in total. The Morgan fingerprint density at radius 3 is 2.85 bits per heavy atom. The van der Waals surface area contributed by atoms with Crippen LogP contribution in [0.5, 0.6) is 0 Å². The molecule has 0 aliphatic rings. The highest BCUT2D eigenvalue weighted by atomic mass is 35.5. The molecular formula is C18H21ClFN5O2. The van der Waals surface area contributed by atoms with Crippen molar-refractivity contribution in [3.63, 3.8) is 0 Å². The van der Waals surface area contributed by atoms with E-state index in [4.69, 9.17) is 16.7 Å². The third-order valence-corrected chi connectivity index (χ3v) is 4.52. The highest BCUT2D eigenvalue weighted by Crippen LogP contribution is 2.28. The van der Waals surface area contributed by atoms with E-state index in [1.807, 2.05) is 0 Å². The average molecular weight is 394 g/mol. The number of hydrogen-bond acceptors (Lipinski definition) is 6. The van der Waals surface area contributed by atoms with Crippen molar-refractivity contribution in [2.75, 3.05) is 11.9 Å². The van der Waals surface area contributed by atoms with Crippen molar-refractivity contribution in [1.29, 1.82) is 0 Å². The van der Waals surface area contributed by atoms with Crippen LogP contribution in [0.2, 0.25) is 5.02 Å². The number of fused-ring (bicyclic) bond motifs is 1. The summed E-state index contributed by atoms with van der Waals surface area (Å²) in [5.74, 6) is -0.282. The first-order chi connectivity index (χ1) is 13.0. The van der Waals surface area contributed by atoms with Crippen LogP contribution in [-0.2, 0) is 0 Å². The first-order valence-electron chi connectivity index (χ1n) is 8.70. The van der Waals surface area contributed by atoms with Crippen LogP contribution in [0.15, 0.2) is 24.7 Å². The second-order valence-corrected chi connectivity index (χ2v) is 6.79. The summed E-state index contributed by atoms with van der Waals surface area (Å²) in [5.41, 5.74) is 1.28. The lowest BCUT2D eigenvalue weighted by Gasteiger charge is -2.22. The molecule has 0 aliphatic heterocycles. The molecule has 0 spiro atoms. The van der Waals surface area contributed by atoms with Gasteiger partial charge in [0.25, 0.3) is 0 Å². The molecule has 0 aromatic carbocycles. The Hall–Kier alpha value is -2.29. The van der Waals surface area contributed by atoms with Gasteiger partial charge in [0.1, 0.15) is 5.65 Å². The molecule has 2 atom stereocenters. The number of aromatic amines is 1. The molecule has 0 radical (unpaired) electrons. The van der Waals surface area contributed by atoms with Crippen LogP contribution in [-0.4, -0.2) is 48.9 Å². The Morgan fingerprint density at radius 2 is 2.11 bits per heavy atom.